The van der Waals surface area contributed by atoms with Crippen LogP contribution in [-0.4, -0.2) is 19.1 Å². The van der Waals surface area contributed by atoms with E-state index in [0.717, 1.165) is 11.4 Å². The van der Waals surface area contributed by atoms with Crippen molar-refractivity contribution >= 4 is 11.6 Å². The smallest absolute Gasteiger partial charge is 0.251 e. The molecule has 1 N–H and O–H groups in total. The van der Waals surface area contributed by atoms with E-state index in [1.54, 1.807) is 12.1 Å². The lowest BCUT2D eigenvalue weighted by atomic mass is 10.3. The number of carbonyl (C=O) groups excluding carboxylic acids is 1. The molecule has 0 atom stereocenters. The number of anilines is 1. The molecule has 0 heterocycles. The summed E-state index contributed by atoms with van der Waals surface area (Å²) in [5, 5.41) is 2.71. The van der Waals surface area contributed by atoms with E-state index in [1.807, 2.05) is 26.0 Å². The highest BCUT2D eigenvalue weighted by Crippen LogP contribution is 2.15. The van der Waals surface area contributed by atoms with Crippen LogP contribution in [0.1, 0.15) is 13.8 Å². The summed E-state index contributed by atoms with van der Waals surface area (Å²) in [4.78, 5) is 11.4. The summed E-state index contributed by atoms with van der Waals surface area (Å²) >= 11 is 0. The quantitative estimate of drug-likeness (QED) is 0.609. The first-order valence-electron chi connectivity index (χ1n) is 5.58. The van der Waals surface area contributed by atoms with E-state index in [-0.39, 0.29) is 5.91 Å². The number of ether oxygens (including phenoxy) is 2. The number of nitrogens with one attached hydrogen (secondary N) is 1. The minimum Gasteiger partial charge on any atom is -0.501 e. The van der Waals surface area contributed by atoms with Crippen LogP contribution in [0, 0.1) is 0 Å². The zero-order valence-electron chi connectivity index (χ0n) is 10.1. The number of hydrogen-bond acceptors (Lipinski definition) is 3. The Morgan fingerprint density at radius 3 is 2.53 bits per heavy atom. The van der Waals surface area contributed by atoms with E-state index in [4.69, 9.17) is 9.47 Å². The van der Waals surface area contributed by atoms with Gasteiger partial charge in [-0.3, -0.25) is 4.79 Å². The lowest BCUT2D eigenvalue weighted by Gasteiger charge is -2.05. The van der Waals surface area contributed by atoms with Gasteiger partial charge in [0, 0.05) is 11.8 Å². The van der Waals surface area contributed by atoms with Crippen LogP contribution >= 0.6 is 0 Å². The van der Waals surface area contributed by atoms with Gasteiger partial charge in [-0.2, -0.15) is 0 Å². The molecule has 0 aromatic heterocycles. The molecule has 0 aliphatic heterocycles. The molecule has 17 heavy (non-hydrogen) atoms. The number of carbonyl (C=O) groups is 1. The molecule has 0 unspecified atom stereocenters. The first-order valence-corrected chi connectivity index (χ1v) is 5.58. The third-order valence-corrected chi connectivity index (χ3v) is 1.92. The summed E-state index contributed by atoms with van der Waals surface area (Å²) < 4.78 is 10.2. The SMILES string of the molecule is CCO/C=C/C(=O)Nc1ccc(OCC)cc1. The van der Waals surface area contributed by atoms with E-state index >= 15 is 0 Å². The summed E-state index contributed by atoms with van der Waals surface area (Å²) in [6, 6.07) is 7.20. The molecular weight excluding hydrogens is 218 g/mol. The van der Waals surface area contributed by atoms with Crippen LogP contribution in [0.15, 0.2) is 36.6 Å². The van der Waals surface area contributed by atoms with Gasteiger partial charge in [0.15, 0.2) is 0 Å². The van der Waals surface area contributed by atoms with Crippen molar-refractivity contribution in [1.82, 2.24) is 0 Å². The Morgan fingerprint density at radius 2 is 1.94 bits per heavy atom. The standard InChI is InChI=1S/C13H17NO3/c1-3-16-10-9-13(15)14-11-5-7-12(8-6-11)17-4-2/h5-10H,3-4H2,1-2H3,(H,14,15)/b10-9+. The second-order valence-electron chi connectivity index (χ2n) is 3.20. The zero-order chi connectivity index (χ0) is 12.5. The molecule has 0 spiro atoms. The lowest BCUT2D eigenvalue weighted by Crippen LogP contribution is -2.07. The van der Waals surface area contributed by atoms with E-state index in [9.17, 15) is 4.79 Å². The van der Waals surface area contributed by atoms with Crippen molar-refractivity contribution < 1.29 is 14.3 Å². The maximum Gasteiger partial charge on any atom is 0.251 e. The molecule has 1 amide bonds. The van der Waals surface area contributed by atoms with Gasteiger partial charge in [0.1, 0.15) is 5.75 Å². The second-order valence-corrected chi connectivity index (χ2v) is 3.20. The monoisotopic (exact) mass is 235 g/mol. The van der Waals surface area contributed by atoms with Crippen molar-refractivity contribution in [1.29, 1.82) is 0 Å². The second kappa shape index (κ2) is 7.33. The maximum absolute atomic E-state index is 11.4. The van der Waals surface area contributed by atoms with Crippen LogP contribution in [0.25, 0.3) is 0 Å². The molecule has 1 aromatic rings. The Balaban J connectivity index is 2.48. The van der Waals surface area contributed by atoms with Crippen LogP contribution in [0.3, 0.4) is 0 Å². The van der Waals surface area contributed by atoms with Crippen molar-refractivity contribution in [2.75, 3.05) is 18.5 Å². The van der Waals surface area contributed by atoms with Gasteiger partial charge in [-0.25, -0.2) is 0 Å². The highest BCUT2D eigenvalue weighted by atomic mass is 16.5. The summed E-state index contributed by atoms with van der Waals surface area (Å²) in [6.07, 6.45) is 2.73. The molecular formula is C13H17NO3. The topological polar surface area (TPSA) is 47.6 Å². The Bertz CT molecular complexity index is 371. The van der Waals surface area contributed by atoms with Crippen LogP contribution in [0.2, 0.25) is 0 Å². The molecule has 0 fully saturated rings. The average Bonchev–Trinajstić information content (AvgIpc) is 2.32. The average molecular weight is 235 g/mol. The van der Waals surface area contributed by atoms with Crippen LogP contribution in [0.4, 0.5) is 5.69 Å². The number of amides is 1. The fourth-order valence-electron chi connectivity index (χ4n) is 1.19. The Kier molecular flexibility index (Phi) is 5.64. The van der Waals surface area contributed by atoms with E-state index in [1.165, 1.54) is 12.3 Å². The van der Waals surface area contributed by atoms with E-state index < -0.39 is 0 Å². The molecule has 4 heteroatoms. The van der Waals surface area contributed by atoms with Crippen molar-refractivity contribution in [2.45, 2.75) is 13.8 Å². The Morgan fingerprint density at radius 1 is 1.24 bits per heavy atom. The van der Waals surface area contributed by atoms with Crippen molar-refractivity contribution in [2.24, 2.45) is 0 Å². The summed E-state index contributed by atoms with van der Waals surface area (Å²) in [5.41, 5.74) is 0.722. The first-order chi connectivity index (χ1) is 8.26. The largest absolute Gasteiger partial charge is 0.501 e. The van der Waals surface area contributed by atoms with Crippen LogP contribution < -0.4 is 10.1 Å². The van der Waals surface area contributed by atoms with E-state index in [2.05, 4.69) is 5.32 Å². The van der Waals surface area contributed by atoms with Gasteiger partial charge < -0.3 is 14.8 Å². The zero-order valence-corrected chi connectivity index (χ0v) is 10.1. The highest BCUT2D eigenvalue weighted by molar-refractivity contribution is 5.99. The molecule has 4 nitrogen and oxygen atoms in total. The van der Waals surface area contributed by atoms with Crippen molar-refractivity contribution in [3.05, 3.63) is 36.6 Å². The van der Waals surface area contributed by atoms with Crippen molar-refractivity contribution in [3.8, 4) is 5.75 Å². The predicted octanol–water partition coefficient (Wildman–Crippen LogP) is 2.57. The van der Waals surface area contributed by atoms with Crippen LogP contribution in [-0.2, 0) is 9.53 Å². The Hall–Kier alpha value is -1.97. The minimum absolute atomic E-state index is 0.220. The molecule has 0 aliphatic carbocycles. The fraction of sp³-hybridized carbons (Fsp3) is 0.308. The van der Waals surface area contributed by atoms with Gasteiger partial charge in [-0.1, -0.05) is 0 Å². The van der Waals surface area contributed by atoms with Gasteiger partial charge in [0.05, 0.1) is 19.5 Å². The molecule has 1 rings (SSSR count). The molecule has 0 radical (unpaired) electrons. The molecule has 0 aliphatic rings. The third-order valence-electron chi connectivity index (χ3n) is 1.92. The van der Waals surface area contributed by atoms with Gasteiger partial charge in [0.25, 0.3) is 5.91 Å². The maximum atomic E-state index is 11.4. The predicted molar refractivity (Wildman–Crippen MR) is 67.0 cm³/mol. The van der Waals surface area contributed by atoms with E-state index in [0.29, 0.717) is 13.2 Å². The summed E-state index contributed by atoms with van der Waals surface area (Å²) in [7, 11) is 0. The molecule has 92 valence electrons. The summed E-state index contributed by atoms with van der Waals surface area (Å²) in [5.74, 6) is 0.568. The van der Waals surface area contributed by atoms with Crippen molar-refractivity contribution in [3.63, 3.8) is 0 Å². The number of benzene rings is 1. The molecule has 0 bridgehead atoms. The minimum atomic E-state index is -0.220. The summed E-state index contributed by atoms with van der Waals surface area (Å²) in [6.45, 7) is 4.96. The van der Waals surface area contributed by atoms with Gasteiger partial charge in [-0.05, 0) is 38.1 Å². The van der Waals surface area contributed by atoms with Crippen LogP contribution in [0.5, 0.6) is 5.75 Å². The first kappa shape index (κ1) is 13.1. The fourth-order valence-corrected chi connectivity index (χ4v) is 1.19. The van der Waals surface area contributed by atoms with Gasteiger partial charge in [-0.15, -0.1) is 0 Å². The number of rotatable bonds is 6. The molecule has 0 saturated carbocycles. The molecule has 1 aromatic carbocycles. The van der Waals surface area contributed by atoms with Gasteiger partial charge in [0.2, 0.25) is 0 Å². The third kappa shape index (κ3) is 5.06. The lowest BCUT2D eigenvalue weighted by molar-refractivity contribution is -0.112. The highest BCUT2D eigenvalue weighted by Gasteiger charge is 1.98. The van der Waals surface area contributed by atoms with Gasteiger partial charge >= 0.3 is 0 Å². The Labute approximate surface area is 101 Å². The number of hydrogen-bond donors (Lipinski definition) is 1. The molecule has 0 saturated heterocycles. The normalized spacial score (nSPS) is 10.2.